The van der Waals surface area contributed by atoms with Crippen LogP contribution in [0.3, 0.4) is 0 Å². The standard InChI is InChI=1S/C15H14FNO2S/c16-13-6-8-14(9-7-13)20(18,19)17-15(10-11-15)12-4-2-1-3-5-12/h1-9,17H,10-11H2. The SMILES string of the molecule is O=S(=O)(NC1(c2ccccc2)CC1)c1ccc(F)cc1. The van der Waals surface area contributed by atoms with E-state index >= 15 is 0 Å². The highest BCUT2D eigenvalue weighted by atomic mass is 32.2. The zero-order valence-electron chi connectivity index (χ0n) is 10.7. The molecule has 5 heteroatoms. The minimum atomic E-state index is -3.64. The second-order valence-corrected chi connectivity index (χ2v) is 6.69. The number of hydrogen-bond donors (Lipinski definition) is 1. The number of rotatable bonds is 4. The Bertz CT molecular complexity index is 707. The van der Waals surface area contributed by atoms with E-state index in [4.69, 9.17) is 0 Å². The number of benzene rings is 2. The third kappa shape index (κ3) is 2.46. The van der Waals surface area contributed by atoms with Crippen LogP contribution in [-0.2, 0) is 15.6 Å². The van der Waals surface area contributed by atoms with Crippen molar-refractivity contribution in [1.29, 1.82) is 0 Å². The van der Waals surface area contributed by atoms with Crippen molar-refractivity contribution in [2.75, 3.05) is 0 Å². The van der Waals surface area contributed by atoms with Crippen molar-refractivity contribution < 1.29 is 12.8 Å². The summed E-state index contributed by atoms with van der Waals surface area (Å²) in [4.78, 5) is 0.0844. The average molecular weight is 291 g/mol. The summed E-state index contributed by atoms with van der Waals surface area (Å²) in [5.41, 5.74) is 0.458. The Balaban J connectivity index is 1.89. The lowest BCUT2D eigenvalue weighted by Gasteiger charge is -2.18. The van der Waals surface area contributed by atoms with Gasteiger partial charge in [0.2, 0.25) is 10.0 Å². The van der Waals surface area contributed by atoms with Crippen LogP contribution in [-0.4, -0.2) is 8.42 Å². The van der Waals surface area contributed by atoms with E-state index in [1.807, 2.05) is 30.3 Å². The smallest absolute Gasteiger partial charge is 0.207 e. The molecule has 0 saturated heterocycles. The van der Waals surface area contributed by atoms with Crippen molar-refractivity contribution in [3.05, 3.63) is 66.0 Å². The van der Waals surface area contributed by atoms with E-state index in [0.29, 0.717) is 0 Å². The third-order valence-electron chi connectivity index (χ3n) is 3.53. The zero-order chi connectivity index (χ0) is 14.2. The van der Waals surface area contributed by atoms with Gasteiger partial charge in [0.05, 0.1) is 10.4 Å². The molecule has 104 valence electrons. The Morgan fingerprint density at radius 1 is 0.950 bits per heavy atom. The van der Waals surface area contributed by atoms with Gasteiger partial charge in [0.1, 0.15) is 5.82 Å². The number of halogens is 1. The molecule has 2 aromatic rings. The van der Waals surface area contributed by atoms with Gasteiger partial charge in [0.25, 0.3) is 0 Å². The molecule has 2 aromatic carbocycles. The summed E-state index contributed by atoms with van der Waals surface area (Å²) in [6, 6.07) is 14.4. The molecule has 1 saturated carbocycles. The molecule has 0 bridgehead atoms. The van der Waals surface area contributed by atoms with Crippen molar-refractivity contribution in [1.82, 2.24) is 4.72 Å². The monoisotopic (exact) mass is 291 g/mol. The lowest BCUT2D eigenvalue weighted by molar-refractivity contribution is 0.551. The Labute approximate surface area is 117 Å². The van der Waals surface area contributed by atoms with Gasteiger partial charge < -0.3 is 0 Å². The molecule has 3 nitrogen and oxygen atoms in total. The van der Waals surface area contributed by atoms with Gasteiger partial charge in [0, 0.05) is 0 Å². The van der Waals surface area contributed by atoms with Gasteiger partial charge >= 0.3 is 0 Å². The summed E-state index contributed by atoms with van der Waals surface area (Å²) < 4.78 is 40.3. The Hall–Kier alpha value is -1.72. The zero-order valence-corrected chi connectivity index (χ0v) is 11.5. The van der Waals surface area contributed by atoms with Gasteiger partial charge in [-0.15, -0.1) is 0 Å². The van der Waals surface area contributed by atoms with E-state index < -0.39 is 21.4 Å². The Kier molecular flexibility index (Phi) is 3.11. The summed E-state index contributed by atoms with van der Waals surface area (Å²) in [6.45, 7) is 0. The highest BCUT2D eigenvalue weighted by Crippen LogP contribution is 2.46. The van der Waals surface area contributed by atoms with Crippen LogP contribution in [0.5, 0.6) is 0 Å². The first kappa shape index (κ1) is 13.3. The third-order valence-corrected chi connectivity index (χ3v) is 5.08. The number of sulfonamides is 1. The molecule has 0 heterocycles. The van der Waals surface area contributed by atoms with Crippen LogP contribution in [0.15, 0.2) is 59.5 Å². The maximum atomic E-state index is 12.9. The maximum Gasteiger partial charge on any atom is 0.241 e. The first-order valence-electron chi connectivity index (χ1n) is 6.37. The normalized spacial score (nSPS) is 16.9. The lowest BCUT2D eigenvalue weighted by Crippen LogP contribution is -2.34. The molecule has 0 radical (unpaired) electrons. The molecule has 1 aliphatic rings. The van der Waals surface area contributed by atoms with E-state index in [2.05, 4.69) is 4.72 Å². The fourth-order valence-corrected chi connectivity index (χ4v) is 3.71. The summed E-state index contributed by atoms with van der Waals surface area (Å²) in [5.74, 6) is -0.451. The molecule has 0 atom stereocenters. The molecular weight excluding hydrogens is 277 g/mol. The molecule has 0 aromatic heterocycles. The van der Waals surface area contributed by atoms with Crippen molar-refractivity contribution >= 4 is 10.0 Å². The number of hydrogen-bond acceptors (Lipinski definition) is 2. The van der Waals surface area contributed by atoms with E-state index in [0.717, 1.165) is 30.5 Å². The Morgan fingerprint density at radius 3 is 2.10 bits per heavy atom. The Morgan fingerprint density at radius 2 is 1.55 bits per heavy atom. The summed E-state index contributed by atoms with van der Waals surface area (Å²) in [5, 5.41) is 0. The predicted molar refractivity (Wildman–Crippen MR) is 74.1 cm³/mol. The first-order chi connectivity index (χ1) is 9.52. The minimum absolute atomic E-state index is 0.0844. The van der Waals surface area contributed by atoms with Crippen LogP contribution in [0, 0.1) is 5.82 Å². The van der Waals surface area contributed by atoms with Gasteiger partial charge in [-0.25, -0.2) is 17.5 Å². The van der Waals surface area contributed by atoms with Crippen LogP contribution in [0.25, 0.3) is 0 Å². The lowest BCUT2D eigenvalue weighted by atomic mass is 10.1. The van der Waals surface area contributed by atoms with Gasteiger partial charge in [-0.2, -0.15) is 0 Å². The molecule has 0 amide bonds. The van der Waals surface area contributed by atoms with E-state index in [1.165, 1.54) is 12.1 Å². The fraction of sp³-hybridized carbons (Fsp3) is 0.200. The fourth-order valence-electron chi connectivity index (χ4n) is 2.26. The topological polar surface area (TPSA) is 46.2 Å². The molecule has 0 spiro atoms. The molecule has 1 aliphatic carbocycles. The summed E-state index contributed by atoms with van der Waals surface area (Å²) in [6.07, 6.45) is 1.55. The highest BCUT2D eigenvalue weighted by molar-refractivity contribution is 7.89. The summed E-state index contributed by atoms with van der Waals surface area (Å²) >= 11 is 0. The van der Waals surface area contributed by atoms with Gasteiger partial charge in [-0.3, -0.25) is 0 Å². The van der Waals surface area contributed by atoms with Crippen LogP contribution >= 0.6 is 0 Å². The second-order valence-electron chi connectivity index (χ2n) is 5.01. The molecule has 0 aliphatic heterocycles. The molecule has 20 heavy (non-hydrogen) atoms. The maximum absolute atomic E-state index is 12.9. The molecule has 1 fully saturated rings. The largest absolute Gasteiger partial charge is 0.241 e. The van der Waals surface area contributed by atoms with Gasteiger partial charge in [-0.05, 0) is 42.7 Å². The molecule has 0 unspecified atom stereocenters. The van der Waals surface area contributed by atoms with Gasteiger partial charge in [0.15, 0.2) is 0 Å². The van der Waals surface area contributed by atoms with Crippen LogP contribution in [0.4, 0.5) is 4.39 Å². The van der Waals surface area contributed by atoms with Crippen LogP contribution in [0.1, 0.15) is 18.4 Å². The quantitative estimate of drug-likeness (QED) is 0.941. The molecule has 3 rings (SSSR count). The molecular formula is C15H14FNO2S. The average Bonchev–Trinajstić information content (AvgIpc) is 3.20. The van der Waals surface area contributed by atoms with Gasteiger partial charge in [-0.1, -0.05) is 30.3 Å². The second kappa shape index (κ2) is 4.68. The predicted octanol–water partition coefficient (Wildman–Crippen LogP) is 2.79. The minimum Gasteiger partial charge on any atom is -0.207 e. The molecule has 1 N–H and O–H groups in total. The number of nitrogens with one attached hydrogen (secondary N) is 1. The summed E-state index contributed by atoms with van der Waals surface area (Å²) in [7, 11) is -3.64. The van der Waals surface area contributed by atoms with Crippen molar-refractivity contribution in [2.24, 2.45) is 0 Å². The van der Waals surface area contributed by atoms with E-state index in [9.17, 15) is 12.8 Å². The van der Waals surface area contributed by atoms with Crippen molar-refractivity contribution in [3.8, 4) is 0 Å². The van der Waals surface area contributed by atoms with E-state index in [1.54, 1.807) is 0 Å². The van der Waals surface area contributed by atoms with Crippen LogP contribution in [0.2, 0.25) is 0 Å². The van der Waals surface area contributed by atoms with Crippen molar-refractivity contribution in [3.63, 3.8) is 0 Å². The van der Waals surface area contributed by atoms with Crippen molar-refractivity contribution in [2.45, 2.75) is 23.3 Å². The highest BCUT2D eigenvalue weighted by Gasteiger charge is 2.47. The van der Waals surface area contributed by atoms with E-state index in [-0.39, 0.29) is 4.90 Å². The first-order valence-corrected chi connectivity index (χ1v) is 7.85. The van der Waals surface area contributed by atoms with Crippen LogP contribution < -0.4 is 4.72 Å².